The fourth-order valence-electron chi connectivity index (χ4n) is 1.90. The quantitative estimate of drug-likeness (QED) is 0.632. The van der Waals surface area contributed by atoms with Crippen molar-refractivity contribution >= 4 is 10.2 Å². The molecule has 2 heteroatoms. The summed E-state index contributed by atoms with van der Waals surface area (Å²) in [6, 6.07) is 9.10. The van der Waals surface area contributed by atoms with Crippen molar-refractivity contribution in [3.05, 3.63) is 29.8 Å². The first-order valence-corrected chi connectivity index (χ1v) is 7.37. The van der Waals surface area contributed by atoms with Gasteiger partial charge in [-0.05, 0) is 30.0 Å². The molecule has 1 unspecified atom stereocenters. The Morgan fingerprint density at radius 3 is 2.65 bits per heavy atom. The molecule has 0 saturated heterocycles. The molecule has 1 nitrogen and oxygen atoms in total. The highest BCUT2D eigenvalue weighted by Crippen LogP contribution is 2.20. The second-order valence-electron chi connectivity index (χ2n) is 4.51. The van der Waals surface area contributed by atoms with Crippen molar-refractivity contribution < 1.29 is 4.74 Å². The normalized spacial score (nSPS) is 12.4. The molecule has 0 fully saturated rings. The predicted octanol–water partition coefficient (Wildman–Crippen LogP) is 3.95. The van der Waals surface area contributed by atoms with Gasteiger partial charge in [0.25, 0.3) is 0 Å². The highest BCUT2D eigenvalue weighted by molar-refractivity contribution is 6.08. The van der Waals surface area contributed by atoms with Crippen LogP contribution in [0, 0.1) is 5.92 Å². The first-order valence-electron chi connectivity index (χ1n) is 6.67. The molecule has 0 aliphatic carbocycles. The van der Waals surface area contributed by atoms with Gasteiger partial charge in [0.05, 0.1) is 6.61 Å². The lowest BCUT2D eigenvalue weighted by molar-refractivity contribution is 0.232. The third-order valence-corrected chi connectivity index (χ3v) is 3.56. The van der Waals surface area contributed by atoms with E-state index in [-0.39, 0.29) is 0 Å². The molecule has 0 aliphatic heterocycles. The minimum atomic E-state index is 0.692. The average molecular weight is 247 g/mol. The Hall–Kier alpha value is -0.763. The molecule has 1 rings (SSSR count). The van der Waals surface area contributed by atoms with Gasteiger partial charge in [0, 0.05) is 10.2 Å². The molecule has 0 amide bonds. The van der Waals surface area contributed by atoms with Crippen LogP contribution in [-0.4, -0.2) is 16.8 Å². The van der Waals surface area contributed by atoms with Gasteiger partial charge in [-0.15, -0.1) is 0 Å². The third kappa shape index (κ3) is 4.94. The van der Waals surface area contributed by atoms with E-state index in [9.17, 15) is 0 Å². The number of hydrogen-bond acceptors (Lipinski definition) is 1. The summed E-state index contributed by atoms with van der Waals surface area (Å²) in [5.74, 6) is 1.72. The summed E-state index contributed by atoms with van der Waals surface area (Å²) in [5, 5.41) is 0. The van der Waals surface area contributed by atoms with Crippen molar-refractivity contribution in [3.63, 3.8) is 0 Å². The Balaban J connectivity index is 2.47. The van der Waals surface area contributed by atoms with Gasteiger partial charge >= 0.3 is 0 Å². The molecule has 0 N–H and O–H groups in total. The molecular formula is C15H23OSi. The number of unbranched alkanes of at least 4 members (excludes halogenated alkanes) is 1. The highest BCUT2D eigenvalue weighted by Gasteiger charge is 2.08. The van der Waals surface area contributed by atoms with Crippen molar-refractivity contribution in [2.45, 2.75) is 45.6 Å². The zero-order chi connectivity index (χ0) is 12.5. The summed E-state index contributed by atoms with van der Waals surface area (Å²) in [7, 11) is 3.54. The summed E-state index contributed by atoms with van der Waals surface area (Å²) < 4.78 is 5.95. The third-order valence-electron chi connectivity index (χ3n) is 3.18. The van der Waals surface area contributed by atoms with E-state index in [0.29, 0.717) is 5.92 Å². The van der Waals surface area contributed by atoms with E-state index in [1.165, 1.54) is 31.2 Å². The maximum atomic E-state index is 5.95. The van der Waals surface area contributed by atoms with Crippen LogP contribution in [0.5, 0.6) is 5.75 Å². The molecule has 1 aromatic carbocycles. The van der Waals surface area contributed by atoms with Crippen molar-refractivity contribution in [2.24, 2.45) is 5.92 Å². The molecule has 0 bridgehead atoms. The van der Waals surface area contributed by atoms with Crippen LogP contribution in [0.2, 0.25) is 0 Å². The molecule has 17 heavy (non-hydrogen) atoms. The van der Waals surface area contributed by atoms with E-state index in [2.05, 4.69) is 42.3 Å². The number of rotatable bonds is 8. The Labute approximate surface area is 109 Å². The first-order chi connectivity index (χ1) is 8.31. The molecule has 3 radical (unpaired) electrons. The van der Waals surface area contributed by atoms with E-state index < -0.39 is 0 Å². The van der Waals surface area contributed by atoms with Gasteiger partial charge in [-0.1, -0.05) is 51.3 Å². The molecule has 0 spiro atoms. The monoisotopic (exact) mass is 247 g/mol. The van der Waals surface area contributed by atoms with Crippen LogP contribution in [-0.2, 0) is 6.04 Å². The van der Waals surface area contributed by atoms with Crippen LogP contribution >= 0.6 is 0 Å². The summed E-state index contributed by atoms with van der Waals surface area (Å²) in [6.45, 7) is 5.34. The van der Waals surface area contributed by atoms with Gasteiger partial charge in [0.1, 0.15) is 5.75 Å². The van der Waals surface area contributed by atoms with Crippen molar-refractivity contribution in [3.8, 4) is 5.75 Å². The van der Waals surface area contributed by atoms with Gasteiger partial charge < -0.3 is 4.74 Å². The summed E-state index contributed by atoms with van der Waals surface area (Å²) in [4.78, 5) is 0. The Morgan fingerprint density at radius 1 is 1.24 bits per heavy atom. The lowest BCUT2D eigenvalue weighted by atomic mass is 10.0. The second kappa shape index (κ2) is 8.35. The predicted molar refractivity (Wildman–Crippen MR) is 74.7 cm³/mol. The van der Waals surface area contributed by atoms with Crippen molar-refractivity contribution in [1.82, 2.24) is 0 Å². The number of ether oxygens (including phenoxy) is 1. The number of para-hydroxylation sites is 1. The minimum Gasteiger partial charge on any atom is -0.493 e. The summed E-state index contributed by atoms with van der Waals surface area (Å²) in [6.07, 6.45) is 5.06. The Kier molecular flexibility index (Phi) is 7.02. The maximum Gasteiger partial charge on any atom is 0.122 e. The SMILES string of the molecule is CCCCC(CC)COc1ccccc1C[Si]. The van der Waals surface area contributed by atoms with Crippen molar-refractivity contribution in [2.75, 3.05) is 6.61 Å². The fraction of sp³-hybridized carbons (Fsp3) is 0.600. The molecule has 0 heterocycles. The molecule has 0 aliphatic rings. The van der Waals surface area contributed by atoms with Gasteiger partial charge in [-0.3, -0.25) is 0 Å². The van der Waals surface area contributed by atoms with Crippen LogP contribution in [0.25, 0.3) is 0 Å². The highest BCUT2D eigenvalue weighted by atomic mass is 28.1. The van der Waals surface area contributed by atoms with Gasteiger partial charge in [0.2, 0.25) is 0 Å². The molecule has 1 atom stereocenters. The van der Waals surface area contributed by atoms with Crippen LogP contribution in [0.15, 0.2) is 24.3 Å². The van der Waals surface area contributed by atoms with Gasteiger partial charge in [-0.25, -0.2) is 0 Å². The summed E-state index contributed by atoms with van der Waals surface area (Å²) >= 11 is 0. The standard InChI is InChI=1S/C15H23OSi/c1-3-5-8-13(4-2)11-16-15-10-7-6-9-14(15)12-17/h6-7,9-10,13H,3-5,8,11-12H2,1-2H3. The number of hydrogen-bond donors (Lipinski definition) is 0. The Morgan fingerprint density at radius 2 is 2.00 bits per heavy atom. The summed E-state index contributed by atoms with van der Waals surface area (Å²) in [5.41, 5.74) is 1.23. The topological polar surface area (TPSA) is 9.23 Å². The van der Waals surface area contributed by atoms with E-state index in [0.717, 1.165) is 18.4 Å². The molecule has 93 valence electrons. The zero-order valence-corrected chi connectivity index (χ0v) is 12.0. The molecule has 0 saturated carbocycles. The van der Waals surface area contributed by atoms with Crippen molar-refractivity contribution in [1.29, 1.82) is 0 Å². The fourth-order valence-corrected chi connectivity index (χ4v) is 2.19. The Bertz CT molecular complexity index is 312. The van der Waals surface area contributed by atoms with E-state index in [4.69, 9.17) is 4.74 Å². The van der Waals surface area contributed by atoms with Crippen LogP contribution in [0.1, 0.15) is 45.1 Å². The minimum absolute atomic E-state index is 0.692. The largest absolute Gasteiger partial charge is 0.493 e. The molecule has 1 aromatic rings. The van der Waals surface area contributed by atoms with E-state index >= 15 is 0 Å². The average Bonchev–Trinajstić information content (AvgIpc) is 2.39. The van der Waals surface area contributed by atoms with E-state index in [1.54, 1.807) is 0 Å². The van der Waals surface area contributed by atoms with Crippen LogP contribution in [0.4, 0.5) is 0 Å². The van der Waals surface area contributed by atoms with Gasteiger partial charge in [0.15, 0.2) is 0 Å². The number of benzene rings is 1. The lowest BCUT2D eigenvalue weighted by Crippen LogP contribution is -2.12. The molecule has 0 aromatic heterocycles. The second-order valence-corrected chi connectivity index (χ2v) is 4.87. The zero-order valence-electron chi connectivity index (χ0n) is 11.0. The van der Waals surface area contributed by atoms with Crippen LogP contribution in [0.3, 0.4) is 0 Å². The maximum absolute atomic E-state index is 5.95. The van der Waals surface area contributed by atoms with Gasteiger partial charge in [-0.2, -0.15) is 0 Å². The van der Waals surface area contributed by atoms with Crippen LogP contribution < -0.4 is 4.74 Å². The smallest absolute Gasteiger partial charge is 0.122 e. The molecular weight excluding hydrogens is 224 g/mol. The lowest BCUT2D eigenvalue weighted by Gasteiger charge is -2.17. The van der Waals surface area contributed by atoms with E-state index in [1.807, 2.05) is 6.07 Å². The first kappa shape index (κ1) is 14.3.